The van der Waals surface area contributed by atoms with E-state index in [1.165, 1.54) is 0 Å². The highest BCUT2D eigenvalue weighted by atomic mass is 16.5. The van der Waals surface area contributed by atoms with Gasteiger partial charge in [-0.3, -0.25) is 4.99 Å². The predicted octanol–water partition coefficient (Wildman–Crippen LogP) is 1.03. The zero-order valence-corrected chi connectivity index (χ0v) is 5.79. The average Bonchev–Trinajstić information content (AvgIpc) is 2.37. The molecule has 50 valence electrons. The topological polar surface area (TPSA) is 21.6 Å². The van der Waals surface area contributed by atoms with E-state index < -0.39 is 0 Å². The second kappa shape index (κ2) is 2.78. The largest absolute Gasteiger partial charge is 0.375 e. The third-order valence-corrected chi connectivity index (χ3v) is 1.44. The Morgan fingerprint density at radius 1 is 1.78 bits per heavy atom. The Balaban J connectivity index is 2.51. The lowest BCUT2D eigenvalue weighted by molar-refractivity contribution is 0.171. The van der Waals surface area contributed by atoms with Crippen LogP contribution in [0, 0.1) is 0 Å². The summed E-state index contributed by atoms with van der Waals surface area (Å²) in [5, 5.41) is 0. The van der Waals surface area contributed by atoms with Gasteiger partial charge in [0, 0.05) is 7.11 Å². The molecule has 1 heterocycles. The normalized spacial score (nSPS) is 20.0. The Bertz CT molecular complexity index is 149. The number of hydrogen-bond acceptors (Lipinski definition) is 2. The van der Waals surface area contributed by atoms with Crippen LogP contribution in [0.4, 0.5) is 0 Å². The van der Waals surface area contributed by atoms with E-state index in [9.17, 15) is 0 Å². The predicted molar refractivity (Wildman–Crippen MR) is 37.9 cm³/mol. The van der Waals surface area contributed by atoms with Crippen molar-refractivity contribution in [3.05, 3.63) is 12.2 Å². The molecule has 1 rings (SSSR count). The van der Waals surface area contributed by atoms with Crippen LogP contribution in [0.3, 0.4) is 0 Å². The maximum Gasteiger partial charge on any atom is 0.0958 e. The van der Waals surface area contributed by atoms with Crippen LogP contribution in [0.15, 0.2) is 17.1 Å². The van der Waals surface area contributed by atoms with Gasteiger partial charge in [0.2, 0.25) is 0 Å². The van der Waals surface area contributed by atoms with E-state index in [0.717, 1.165) is 12.3 Å². The SMILES string of the molecule is COC(C)C1=NCC=C1. The van der Waals surface area contributed by atoms with Crippen LogP contribution >= 0.6 is 0 Å². The summed E-state index contributed by atoms with van der Waals surface area (Å²) in [7, 11) is 1.69. The summed E-state index contributed by atoms with van der Waals surface area (Å²) in [4.78, 5) is 4.19. The third kappa shape index (κ3) is 1.39. The molecule has 9 heavy (non-hydrogen) atoms. The van der Waals surface area contributed by atoms with Gasteiger partial charge in [0.05, 0.1) is 18.4 Å². The molecular weight excluding hydrogens is 114 g/mol. The molecule has 0 spiro atoms. The first-order valence-electron chi connectivity index (χ1n) is 3.08. The molecule has 0 aliphatic carbocycles. The lowest BCUT2D eigenvalue weighted by atomic mass is 10.2. The Labute approximate surface area is 55.2 Å². The fourth-order valence-corrected chi connectivity index (χ4v) is 0.769. The van der Waals surface area contributed by atoms with Crippen LogP contribution < -0.4 is 0 Å². The molecule has 2 nitrogen and oxygen atoms in total. The van der Waals surface area contributed by atoms with Gasteiger partial charge >= 0.3 is 0 Å². The van der Waals surface area contributed by atoms with Crippen molar-refractivity contribution in [2.24, 2.45) is 4.99 Å². The second-order valence-electron chi connectivity index (χ2n) is 2.05. The van der Waals surface area contributed by atoms with Gasteiger partial charge in [0.1, 0.15) is 0 Å². The summed E-state index contributed by atoms with van der Waals surface area (Å²) in [6, 6.07) is 0. The average molecular weight is 125 g/mol. The molecule has 0 saturated carbocycles. The number of aliphatic imine (C=N–C) groups is 1. The fourth-order valence-electron chi connectivity index (χ4n) is 0.769. The van der Waals surface area contributed by atoms with Gasteiger partial charge in [-0.15, -0.1) is 0 Å². The van der Waals surface area contributed by atoms with Crippen LogP contribution in [0.25, 0.3) is 0 Å². The molecule has 1 aliphatic rings. The van der Waals surface area contributed by atoms with Gasteiger partial charge in [-0.25, -0.2) is 0 Å². The first kappa shape index (κ1) is 6.49. The van der Waals surface area contributed by atoms with E-state index in [-0.39, 0.29) is 6.10 Å². The van der Waals surface area contributed by atoms with E-state index in [1.54, 1.807) is 7.11 Å². The third-order valence-electron chi connectivity index (χ3n) is 1.44. The van der Waals surface area contributed by atoms with E-state index in [4.69, 9.17) is 4.74 Å². The molecule has 1 unspecified atom stereocenters. The molecule has 0 amide bonds. The van der Waals surface area contributed by atoms with Crippen molar-refractivity contribution in [3.8, 4) is 0 Å². The highest BCUT2D eigenvalue weighted by Crippen LogP contribution is 2.00. The van der Waals surface area contributed by atoms with Crippen LogP contribution in [0.2, 0.25) is 0 Å². The van der Waals surface area contributed by atoms with Crippen molar-refractivity contribution in [2.45, 2.75) is 13.0 Å². The first-order chi connectivity index (χ1) is 4.34. The molecule has 0 radical (unpaired) electrons. The second-order valence-corrected chi connectivity index (χ2v) is 2.05. The number of nitrogens with zero attached hydrogens (tertiary/aromatic N) is 1. The summed E-state index contributed by atoms with van der Waals surface area (Å²) in [6.45, 7) is 2.82. The van der Waals surface area contributed by atoms with E-state index in [0.29, 0.717) is 0 Å². The Hall–Kier alpha value is -0.630. The number of rotatable bonds is 2. The molecule has 0 N–H and O–H groups in total. The monoisotopic (exact) mass is 125 g/mol. The van der Waals surface area contributed by atoms with Crippen molar-refractivity contribution in [1.29, 1.82) is 0 Å². The summed E-state index contributed by atoms with van der Waals surface area (Å²) in [5.41, 5.74) is 1.05. The Morgan fingerprint density at radius 3 is 3.00 bits per heavy atom. The molecule has 2 heteroatoms. The maximum absolute atomic E-state index is 5.05. The van der Waals surface area contributed by atoms with E-state index in [1.807, 2.05) is 19.1 Å². The molecule has 1 atom stereocenters. The van der Waals surface area contributed by atoms with Crippen molar-refractivity contribution in [2.75, 3.05) is 13.7 Å². The van der Waals surface area contributed by atoms with Gasteiger partial charge in [0.15, 0.2) is 0 Å². The number of hydrogen-bond donors (Lipinski definition) is 0. The van der Waals surface area contributed by atoms with Gasteiger partial charge in [-0.2, -0.15) is 0 Å². The molecular formula is C7H11NO. The van der Waals surface area contributed by atoms with Gasteiger partial charge in [-0.05, 0) is 13.0 Å². The minimum atomic E-state index is 0.156. The molecule has 0 aromatic carbocycles. The smallest absolute Gasteiger partial charge is 0.0958 e. The van der Waals surface area contributed by atoms with Gasteiger partial charge < -0.3 is 4.74 Å². The van der Waals surface area contributed by atoms with Gasteiger partial charge in [0.25, 0.3) is 0 Å². The number of methoxy groups -OCH3 is 1. The van der Waals surface area contributed by atoms with Crippen molar-refractivity contribution >= 4 is 5.71 Å². The quantitative estimate of drug-likeness (QED) is 0.540. The maximum atomic E-state index is 5.05. The fraction of sp³-hybridized carbons (Fsp3) is 0.571. The van der Waals surface area contributed by atoms with Crippen molar-refractivity contribution < 1.29 is 4.74 Å². The van der Waals surface area contributed by atoms with Crippen LogP contribution in [-0.2, 0) is 4.74 Å². The standard InChI is InChI=1S/C7H11NO/c1-6(9-2)7-4-3-5-8-7/h3-4,6H,5H2,1-2H3. The molecule has 0 saturated heterocycles. The molecule has 0 fully saturated rings. The van der Waals surface area contributed by atoms with E-state index in [2.05, 4.69) is 4.99 Å². The van der Waals surface area contributed by atoms with Crippen LogP contribution in [0.1, 0.15) is 6.92 Å². The van der Waals surface area contributed by atoms with Gasteiger partial charge in [-0.1, -0.05) is 6.08 Å². The highest BCUT2D eigenvalue weighted by molar-refractivity contribution is 5.99. The van der Waals surface area contributed by atoms with Crippen LogP contribution in [-0.4, -0.2) is 25.5 Å². The van der Waals surface area contributed by atoms with Crippen LogP contribution in [0.5, 0.6) is 0 Å². The zero-order valence-electron chi connectivity index (χ0n) is 5.79. The van der Waals surface area contributed by atoms with Crippen molar-refractivity contribution in [1.82, 2.24) is 0 Å². The minimum absolute atomic E-state index is 0.156. The Kier molecular flexibility index (Phi) is 2.01. The first-order valence-corrected chi connectivity index (χ1v) is 3.08. The molecule has 0 bridgehead atoms. The van der Waals surface area contributed by atoms with E-state index >= 15 is 0 Å². The highest BCUT2D eigenvalue weighted by Gasteiger charge is 2.07. The lowest BCUT2D eigenvalue weighted by Gasteiger charge is -2.05. The van der Waals surface area contributed by atoms with Crippen molar-refractivity contribution in [3.63, 3.8) is 0 Å². The summed E-state index contributed by atoms with van der Waals surface area (Å²) in [5.74, 6) is 0. The molecule has 0 aromatic heterocycles. The molecule has 1 aliphatic heterocycles. The zero-order chi connectivity index (χ0) is 6.69. The lowest BCUT2D eigenvalue weighted by Crippen LogP contribution is -2.15. The minimum Gasteiger partial charge on any atom is -0.375 e. The summed E-state index contributed by atoms with van der Waals surface area (Å²) in [6.07, 6.45) is 4.20. The number of ether oxygens (including phenoxy) is 1. The summed E-state index contributed by atoms with van der Waals surface area (Å²) >= 11 is 0. The summed E-state index contributed by atoms with van der Waals surface area (Å²) < 4.78 is 5.05. The Morgan fingerprint density at radius 2 is 2.56 bits per heavy atom. The molecule has 0 aromatic rings.